The molecule has 3 rings (SSSR count). The quantitative estimate of drug-likeness (QED) is 0.211. The molecule has 0 radical (unpaired) electrons. The van der Waals surface area contributed by atoms with Crippen molar-refractivity contribution in [3.8, 4) is 0 Å². The zero-order valence-electron chi connectivity index (χ0n) is 15.1. The number of hydroxylamine groups is 2. The molecule has 28 heavy (non-hydrogen) atoms. The van der Waals surface area contributed by atoms with E-state index in [1.807, 2.05) is 0 Å². The molecule has 2 unspecified atom stereocenters. The van der Waals surface area contributed by atoms with Crippen LogP contribution in [-0.4, -0.2) is 106 Å². The number of carbonyl (C=O) groups is 2. The number of hydrogen-bond donors (Lipinski definition) is 6. The van der Waals surface area contributed by atoms with Gasteiger partial charge in [-0.05, 0) is 0 Å². The molecule has 2 atom stereocenters. The predicted octanol–water partition coefficient (Wildman–Crippen LogP) is -4.06. The number of nitrogens with zero attached hydrogens (tertiary/aromatic N) is 2. The number of nitrogens with one attached hydrogen (secondary N) is 2. The molecule has 2 aliphatic heterocycles. The lowest BCUT2D eigenvalue weighted by Crippen LogP contribution is -2.50. The van der Waals surface area contributed by atoms with Crippen LogP contribution in [0.1, 0.15) is 0 Å². The fraction of sp³-hybridized carbons (Fsp3) is 0.625. The average molecular weight is 400 g/mol. The highest BCUT2D eigenvalue weighted by Gasteiger charge is 2.54. The summed E-state index contributed by atoms with van der Waals surface area (Å²) in [6.45, 7) is -0.489. The lowest BCUT2D eigenvalue weighted by atomic mass is 9.81. The number of Topliss-reactive ketones (excluding diaryl/α,β-unsaturated/α-hetero) is 2. The predicted molar refractivity (Wildman–Crippen MR) is 91.6 cm³/mol. The van der Waals surface area contributed by atoms with E-state index in [9.17, 15) is 30.0 Å². The molecule has 2 heterocycles. The Morgan fingerprint density at radius 1 is 0.679 bits per heavy atom. The highest BCUT2D eigenvalue weighted by molar-refractivity contribution is 6.21. The summed E-state index contributed by atoms with van der Waals surface area (Å²) in [5.41, 5.74) is 5.26. The Morgan fingerprint density at radius 3 is 1.29 bits per heavy atom. The molecule has 1 saturated carbocycles. The Bertz CT molecular complexity index is 624. The van der Waals surface area contributed by atoms with Crippen LogP contribution in [0, 0.1) is 0 Å². The van der Waals surface area contributed by atoms with Gasteiger partial charge in [-0.25, -0.2) is 0 Å². The van der Waals surface area contributed by atoms with Crippen molar-refractivity contribution in [2.24, 2.45) is 0 Å². The summed E-state index contributed by atoms with van der Waals surface area (Å²) in [5.74, 6) is -0.710. The Hall–Kier alpha value is -2.22. The van der Waals surface area contributed by atoms with Crippen LogP contribution in [0.5, 0.6) is 0 Å². The van der Waals surface area contributed by atoms with Crippen molar-refractivity contribution in [2.75, 3.05) is 52.6 Å². The number of aliphatic hydroxyl groups excluding tert-OH is 4. The minimum atomic E-state index is -1.06. The first-order chi connectivity index (χ1) is 13.6. The van der Waals surface area contributed by atoms with E-state index in [0.717, 1.165) is 0 Å². The van der Waals surface area contributed by atoms with E-state index in [0.29, 0.717) is 0 Å². The average Bonchev–Trinajstić information content (AvgIpc) is 3.31. The second kappa shape index (κ2) is 8.86. The largest absolute Gasteiger partial charge is 0.395 e. The minimum Gasteiger partial charge on any atom is -0.395 e. The Kier molecular flexibility index (Phi) is 6.49. The van der Waals surface area contributed by atoms with Gasteiger partial charge in [0.15, 0.2) is 11.6 Å². The van der Waals surface area contributed by atoms with Crippen LogP contribution < -0.4 is 11.0 Å². The van der Waals surface area contributed by atoms with Gasteiger partial charge in [0, 0.05) is 26.2 Å². The smallest absolute Gasteiger partial charge is 0.223 e. The maximum absolute atomic E-state index is 13.1. The van der Waals surface area contributed by atoms with Crippen LogP contribution in [0.3, 0.4) is 0 Å². The van der Waals surface area contributed by atoms with Gasteiger partial charge in [0.05, 0.1) is 37.6 Å². The SMILES string of the molecule is O=C1C2=C(N(CCO)CCO)ONC2C(=O)C2=C(N(CCO)CCO)ONC12. The fourth-order valence-corrected chi connectivity index (χ4v) is 3.46. The molecule has 0 aromatic rings. The van der Waals surface area contributed by atoms with Gasteiger partial charge in [-0.2, -0.15) is 0 Å². The molecule has 3 aliphatic rings. The van der Waals surface area contributed by atoms with E-state index in [1.54, 1.807) is 0 Å². The second-order valence-electron chi connectivity index (χ2n) is 6.34. The molecule has 12 nitrogen and oxygen atoms in total. The van der Waals surface area contributed by atoms with Gasteiger partial charge in [0.1, 0.15) is 12.1 Å². The third-order valence-corrected chi connectivity index (χ3v) is 4.69. The topological polar surface area (TPSA) is 164 Å². The molecular formula is C16H24N4O8. The van der Waals surface area contributed by atoms with Crippen molar-refractivity contribution in [1.82, 2.24) is 20.8 Å². The van der Waals surface area contributed by atoms with Crippen molar-refractivity contribution in [3.05, 3.63) is 22.9 Å². The third kappa shape index (κ3) is 3.45. The molecule has 0 aromatic heterocycles. The van der Waals surface area contributed by atoms with Crippen LogP contribution in [0.15, 0.2) is 22.9 Å². The number of ketones is 2. The minimum absolute atomic E-state index is 0.0864. The number of fused-ring (bicyclic) bond motifs is 2. The molecule has 0 amide bonds. The van der Waals surface area contributed by atoms with Gasteiger partial charge < -0.3 is 39.9 Å². The third-order valence-electron chi connectivity index (χ3n) is 4.69. The Morgan fingerprint density at radius 2 is 1.00 bits per heavy atom. The van der Waals surface area contributed by atoms with Crippen molar-refractivity contribution < 1.29 is 39.7 Å². The number of carbonyl (C=O) groups excluding carboxylic acids is 2. The molecular weight excluding hydrogens is 376 g/mol. The number of aliphatic hydroxyl groups is 4. The van der Waals surface area contributed by atoms with Crippen LogP contribution >= 0.6 is 0 Å². The standard InChI is InChI=1S/C16H24N4O8/c21-5-1-19(2-6-22)15-9-11(17-27-15)14(26)10-12(13(9)25)18-28-16(10)20(3-7-23)4-8-24/h11-12,17-18,21-24H,1-8H2. The van der Waals surface area contributed by atoms with E-state index in [4.69, 9.17) is 9.68 Å². The molecule has 1 aliphatic carbocycles. The van der Waals surface area contributed by atoms with E-state index in [1.165, 1.54) is 9.80 Å². The van der Waals surface area contributed by atoms with Gasteiger partial charge in [-0.1, -0.05) is 0 Å². The Balaban J connectivity index is 1.98. The zero-order chi connectivity index (χ0) is 20.3. The van der Waals surface area contributed by atoms with Crippen LogP contribution in [0.25, 0.3) is 0 Å². The summed E-state index contributed by atoms with van der Waals surface area (Å²) >= 11 is 0. The summed E-state index contributed by atoms with van der Waals surface area (Å²) in [6, 6.07) is -2.12. The summed E-state index contributed by atoms with van der Waals surface area (Å²) in [6.07, 6.45) is 0. The van der Waals surface area contributed by atoms with Crippen LogP contribution in [-0.2, 0) is 19.3 Å². The lowest BCUT2D eigenvalue weighted by molar-refractivity contribution is -0.126. The van der Waals surface area contributed by atoms with E-state index in [2.05, 4.69) is 11.0 Å². The summed E-state index contributed by atoms with van der Waals surface area (Å²) in [7, 11) is 0. The van der Waals surface area contributed by atoms with Crippen LogP contribution in [0.2, 0.25) is 0 Å². The van der Waals surface area contributed by atoms with Gasteiger partial charge >= 0.3 is 0 Å². The zero-order valence-corrected chi connectivity index (χ0v) is 15.1. The van der Waals surface area contributed by atoms with Gasteiger partial charge in [0.2, 0.25) is 11.8 Å². The molecule has 12 heteroatoms. The second-order valence-corrected chi connectivity index (χ2v) is 6.34. The van der Waals surface area contributed by atoms with Gasteiger partial charge in [-0.3, -0.25) is 9.59 Å². The first kappa shape index (κ1) is 20.5. The molecule has 0 saturated heterocycles. The van der Waals surface area contributed by atoms with E-state index >= 15 is 0 Å². The highest BCUT2D eigenvalue weighted by atomic mass is 16.7. The molecule has 6 N–H and O–H groups in total. The summed E-state index contributed by atoms with van der Waals surface area (Å²) in [5, 5.41) is 36.9. The molecule has 156 valence electrons. The number of hydrogen-bond acceptors (Lipinski definition) is 12. The highest BCUT2D eigenvalue weighted by Crippen LogP contribution is 2.35. The summed E-state index contributed by atoms with van der Waals surface area (Å²) in [4.78, 5) is 39.8. The lowest BCUT2D eigenvalue weighted by Gasteiger charge is -2.26. The first-order valence-corrected chi connectivity index (χ1v) is 8.93. The maximum atomic E-state index is 13.1. The molecule has 0 aromatic carbocycles. The van der Waals surface area contributed by atoms with Gasteiger partial charge in [0.25, 0.3) is 0 Å². The molecule has 0 bridgehead atoms. The maximum Gasteiger partial charge on any atom is 0.223 e. The van der Waals surface area contributed by atoms with Gasteiger partial charge in [-0.15, -0.1) is 11.0 Å². The Labute approximate surface area is 160 Å². The van der Waals surface area contributed by atoms with E-state index in [-0.39, 0.29) is 75.5 Å². The van der Waals surface area contributed by atoms with Crippen molar-refractivity contribution >= 4 is 11.6 Å². The fourth-order valence-electron chi connectivity index (χ4n) is 3.46. The van der Waals surface area contributed by atoms with Crippen molar-refractivity contribution in [1.29, 1.82) is 0 Å². The van der Waals surface area contributed by atoms with E-state index < -0.39 is 23.7 Å². The first-order valence-electron chi connectivity index (χ1n) is 8.93. The normalized spacial score (nSPS) is 23.6. The molecule has 0 spiro atoms. The number of rotatable bonds is 10. The molecule has 1 fully saturated rings. The van der Waals surface area contributed by atoms with Crippen molar-refractivity contribution in [2.45, 2.75) is 12.1 Å². The van der Waals surface area contributed by atoms with Crippen LogP contribution in [0.4, 0.5) is 0 Å². The van der Waals surface area contributed by atoms with Crippen molar-refractivity contribution in [3.63, 3.8) is 0 Å². The summed E-state index contributed by atoms with van der Waals surface area (Å²) < 4.78 is 0. The monoisotopic (exact) mass is 400 g/mol.